The van der Waals surface area contributed by atoms with Crippen molar-refractivity contribution >= 4 is 23.3 Å². The second-order valence-corrected chi connectivity index (χ2v) is 5.52. The van der Waals surface area contributed by atoms with Crippen LogP contribution >= 0.6 is 11.3 Å². The quantitative estimate of drug-likeness (QED) is 0.839. The van der Waals surface area contributed by atoms with E-state index in [1.54, 1.807) is 11.9 Å². The molecule has 1 aromatic rings. The topological polar surface area (TPSA) is 75.4 Å². The van der Waals surface area contributed by atoms with Crippen LogP contribution in [0.5, 0.6) is 0 Å². The highest BCUT2D eigenvalue weighted by Crippen LogP contribution is 2.23. The van der Waals surface area contributed by atoms with Crippen LogP contribution in [0.2, 0.25) is 0 Å². The number of nitrogens with one attached hydrogen (secondary N) is 1. The highest BCUT2D eigenvalue weighted by molar-refractivity contribution is 7.10. The first-order valence-electron chi connectivity index (χ1n) is 6.30. The molecular formula is C13H21N3O2S. The lowest BCUT2D eigenvalue weighted by atomic mass is 10.1. The summed E-state index contributed by atoms with van der Waals surface area (Å²) < 4.78 is 0. The van der Waals surface area contributed by atoms with Gasteiger partial charge in [0.25, 0.3) is 0 Å². The number of carbonyl (C=O) groups excluding carboxylic acids is 2. The average molecular weight is 283 g/mol. The number of nitrogens with two attached hydrogens (primary N) is 1. The van der Waals surface area contributed by atoms with Gasteiger partial charge in [0, 0.05) is 18.0 Å². The average Bonchev–Trinajstić information content (AvgIpc) is 2.89. The van der Waals surface area contributed by atoms with E-state index in [-0.39, 0.29) is 24.4 Å². The van der Waals surface area contributed by atoms with Crippen molar-refractivity contribution in [2.75, 3.05) is 7.05 Å². The molecule has 6 heteroatoms. The highest BCUT2D eigenvalue weighted by atomic mass is 32.1. The van der Waals surface area contributed by atoms with Gasteiger partial charge < -0.3 is 16.0 Å². The monoisotopic (exact) mass is 283 g/mol. The summed E-state index contributed by atoms with van der Waals surface area (Å²) >= 11 is 1.50. The summed E-state index contributed by atoms with van der Waals surface area (Å²) in [5, 5.41) is 4.54. The molecule has 5 nitrogen and oxygen atoms in total. The van der Waals surface area contributed by atoms with Crippen molar-refractivity contribution in [3.63, 3.8) is 0 Å². The Balaban J connectivity index is 2.73. The lowest BCUT2D eigenvalue weighted by Gasteiger charge is -2.26. The summed E-state index contributed by atoms with van der Waals surface area (Å²) in [6.07, 6.45) is 1.12. The van der Waals surface area contributed by atoms with Gasteiger partial charge >= 0.3 is 6.03 Å². The molecule has 3 amide bonds. The van der Waals surface area contributed by atoms with Gasteiger partial charge in [-0.3, -0.25) is 4.79 Å². The van der Waals surface area contributed by atoms with Gasteiger partial charge in [0.15, 0.2) is 0 Å². The van der Waals surface area contributed by atoms with Crippen LogP contribution in [0.3, 0.4) is 0 Å². The first kappa shape index (κ1) is 15.5. The summed E-state index contributed by atoms with van der Waals surface area (Å²) in [6, 6.07) is 3.00. The molecule has 0 saturated heterocycles. The molecule has 0 radical (unpaired) electrons. The van der Waals surface area contributed by atoms with Crippen molar-refractivity contribution in [1.29, 1.82) is 0 Å². The Bertz CT molecular complexity index is 420. The largest absolute Gasteiger partial charge is 0.352 e. The minimum absolute atomic E-state index is 0.00139. The first-order chi connectivity index (χ1) is 8.95. The maximum atomic E-state index is 12.2. The van der Waals surface area contributed by atoms with Crippen molar-refractivity contribution in [1.82, 2.24) is 10.2 Å². The van der Waals surface area contributed by atoms with E-state index >= 15 is 0 Å². The van der Waals surface area contributed by atoms with Crippen LogP contribution < -0.4 is 11.1 Å². The van der Waals surface area contributed by atoms with Crippen molar-refractivity contribution in [2.24, 2.45) is 5.73 Å². The number of thiophene rings is 1. The number of hydrogen-bond acceptors (Lipinski definition) is 3. The molecule has 0 spiro atoms. The Hall–Kier alpha value is -1.56. The molecule has 0 aliphatic heterocycles. The number of primary amides is 1. The molecule has 0 bridgehead atoms. The molecule has 106 valence electrons. The Kier molecular flexibility index (Phi) is 5.82. The maximum Gasteiger partial charge on any atom is 0.312 e. The predicted octanol–water partition coefficient (Wildman–Crippen LogP) is 2.10. The third kappa shape index (κ3) is 4.55. The second kappa shape index (κ2) is 7.13. The van der Waals surface area contributed by atoms with Crippen molar-refractivity contribution < 1.29 is 9.59 Å². The molecule has 0 aliphatic carbocycles. The lowest BCUT2D eigenvalue weighted by molar-refractivity contribution is -0.132. The fourth-order valence-corrected chi connectivity index (χ4v) is 2.50. The van der Waals surface area contributed by atoms with Crippen LogP contribution in [0.1, 0.15) is 37.6 Å². The molecule has 0 saturated carbocycles. The zero-order valence-corrected chi connectivity index (χ0v) is 12.4. The van der Waals surface area contributed by atoms with Crippen LogP contribution in [-0.4, -0.2) is 29.9 Å². The molecule has 1 aromatic heterocycles. The van der Waals surface area contributed by atoms with Gasteiger partial charge in [-0.15, -0.1) is 11.3 Å². The van der Waals surface area contributed by atoms with Gasteiger partial charge in [-0.2, -0.15) is 0 Å². The summed E-state index contributed by atoms with van der Waals surface area (Å²) in [6.45, 7) is 4.03. The molecular weight excluding hydrogens is 262 g/mol. The van der Waals surface area contributed by atoms with Crippen LogP contribution in [0.25, 0.3) is 0 Å². The fourth-order valence-electron chi connectivity index (χ4n) is 1.72. The van der Waals surface area contributed by atoms with E-state index in [0.29, 0.717) is 0 Å². The summed E-state index contributed by atoms with van der Waals surface area (Å²) in [5.41, 5.74) is 5.17. The maximum absolute atomic E-state index is 12.2. The molecule has 3 N–H and O–H groups in total. The molecule has 2 atom stereocenters. The van der Waals surface area contributed by atoms with Crippen LogP contribution in [0.4, 0.5) is 4.79 Å². The van der Waals surface area contributed by atoms with Gasteiger partial charge in [0.05, 0.1) is 12.5 Å². The van der Waals surface area contributed by atoms with Gasteiger partial charge in [0.1, 0.15) is 0 Å². The van der Waals surface area contributed by atoms with E-state index in [4.69, 9.17) is 5.73 Å². The zero-order valence-electron chi connectivity index (χ0n) is 11.6. The number of rotatable bonds is 6. The predicted molar refractivity (Wildman–Crippen MR) is 76.9 cm³/mol. The van der Waals surface area contributed by atoms with E-state index in [9.17, 15) is 9.59 Å². The SMILES string of the molecule is CCC(C)N(C)C(=O)CC(NC(N)=O)c1cccs1. The number of hydrogen-bond donors (Lipinski definition) is 2. The Labute approximate surface area is 117 Å². The highest BCUT2D eigenvalue weighted by Gasteiger charge is 2.22. The van der Waals surface area contributed by atoms with Crippen LogP contribution in [0, 0.1) is 0 Å². The first-order valence-corrected chi connectivity index (χ1v) is 7.18. The molecule has 0 aliphatic rings. The van der Waals surface area contributed by atoms with E-state index in [2.05, 4.69) is 5.32 Å². The van der Waals surface area contributed by atoms with Crippen LogP contribution in [-0.2, 0) is 4.79 Å². The van der Waals surface area contributed by atoms with Gasteiger partial charge in [-0.05, 0) is 24.8 Å². The van der Waals surface area contributed by atoms with E-state index in [1.807, 2.05) is 31.4 Å². The Morgan fingerprint density at radius 2 is 2.21 bits per heavy atom. The third-order valence-corrected chi connectivity index (χ3v) is 4.21. The smallest absolute Gasteiger partial charge is 0.312 e. The number of carbonyl (C=O) groups is 2. The van der Waals surface area contributed by atoms with E-state index < -0.39 is 6.03 Å². The van der Waals surface area contributed by atoms with E-state index in [1.165, 1.54) is 11.3 Å². The molecule has 0 fully saturated rings. The summed E-state index contributed by atoms with van der Waals surface area (Å²) in [4.78, 5) is 25.9. The molecule has 19 heavy (non-hydrogen) atoms. The number of urea groups is 1. The third-order valence-electron chi connectivity index (χ3n) is 3.23. The van der Waals surface area contributed by atoms with Gasteiger partial charge in [-0.25, -0.2) is 4.79 Å². The molecule has 0 aromatic carbocycles. The zero-order chi connectivity index (χ0) is 14.4. The van der Waals surface area contributed by atoms with Crippen LogP contribution in [0.15, 0.2) is 17.5 Å². The lowest BCUT2D eigenvalue weighted by Crippen LogP contribution is -2.39. The van der Waals surface area contributed by atoms with Crippen molar-refractivity contribution in [2.45, 2.75) is 38.8 Å². The van der Waals surface area contributed by atoms with Crippen molar-refractivity contribution in [3.8, 4) is 0 Å². The number of nitrogens with zero attached hydrogens (tertiary/aromatic N) is 1. The van der Waals surface area contributed by atoms with Gasteiger partial charge in [0.2, 0.25) is 5.91 Å². The van der Waals surface area contributed by atoms with E-state index in [0.717, 1.165) is 11.3 Å². The molecule has 1 rings (SSSR count). The minimum Gasteiger partial charge on any atom is -0.352 e. The van der Waals surface area contributed by atoms with Gasteiger partial charge in [-0.1, -0.05) is 13.0 Å². The minimum atomic E-state index is -0.614. The summed E-state index contributed by atoms with van der Waals surface area (Å²) in [7, 11) is 1.78. The summed E-state index contributed by atoms with van der Waals surface area (Å²) in [5.74, 6) is 0.00139. The Morgan fingerprint density at radius 3 is 2.68 bits per heavy atom. The molecule has 1 heterocycles. The second-order valence-electron chi connectivity index (χ2n) is 4.54. The Morgan fingerprint density at radius 1 is 1.53 bits per heavy atom. The number of amides is 3. The fraction of sp³-hybridized carbons (Fsp3) is 0.538. The normalized spacial score (nSPS) is 13.6. The molecule has 2 unspecified atom stereocenters. The van der Waals surface area contributed by atoms with Crippen molar-refractivity contribution in [3.05, 3.63) is 22.4 Å². The standard InChI is InChI=1S/C13H21N3O2S/c1-4-9(2)16(3)12(17)8-10(15-13(14)18)11-6-5-7-19-11/h5-7,9-10H,4,8H2,1-3H3,(H3,14,15,18).